The van der Waals surface area contributed by atoms with Crippen molar-refractivity contribution in [1.82, 2.24) is 14.9 Å². The monoisotopic (exact) mass is 293 g/mol. The van der Waals surface area contributed by atoms with Gasteiger partial charge in [-0.3, -0.25) is 4.57 Å². The molecule has 0 saturated heterocycles. The molecular formula is C18H19N3O. The van der Waals surface area contributed by atoms with Gasteiger partial charge in [0.1, 0.15) is 6.33 Å². The van der Waals surface area contributed by atoms with E-state index >= 15 is 0 Å². The third kappa shape index (κ3) is 3.34. The number of aryl methyl sites for hydroxylation is 1. The first kappa shape index (κ1) is 14.3. The van der Waals surface area contributed by atoms with Crippen LogP contribution in [-0.2, 0) is 6.42 Å². The lowest BCUT2D eigenvalue weighted by molar-refractivity contribution is 0.243. The van der Waals surface area contributed by atoms with Crippen LogP contribution in [0.4, 0.5) is 4.79 Å². The molecule has 2 aromatic carbocycles. The zero-order valence-corrected chi connectivity index (χ0v) is 12.4. The van der Waals surface area contributed by atoms with E-state index in [1.165, 1.54) is 5.56 Å². The molecule has 0 aliphatic rings. The number of hydrogen-bond donors (Lipinski definition) is 1. The molecule has 4 heteroatoms. The largest absolute Gasteiger partial charge is 0.337 e. The van der Waals surface area contributed by atoms with E-state index in [1.807, 2.05) is 30.3 Å². The molecule has 0 saturated carbocycles. The molecule has 0 unspecified atom stereocenters. The van der Waals surface area contributed by atoms with Crippen LogP contribution in [0.15, 0.2) is 60.9 Å². The average molecular weight is 293 g/mol. The van der Waals surface area contributed by atoms with Crippen LogP contribution in [-0.4, -0.2) is 22.1 Å². The summed E-state index contributed by atoms with van der Waals surface area (Å²) in [6, 6.07) is 17.9. The maximum atomic E-state index is 12.2. The molecule has 0 bridgehead atoms. The SMILES string of the molecule is O=C(NCCCCc1ccccc1)n1cnc2ccccc21. The summed E-state index contributed by atoms with van der Waals surface area (Å²) in [5.74, 6) is 0. The van der Waals surface area contributed by atoms with Gasteiger partial charge in [-0.15, -0.1) is 0 Å². The summed E-state index contributed by atoms with van der Waals surface area (Å²) in [5, 5.41) is 2.95. The Morgan fingerprint density at radius 1 is 1.00 bits per heavy atom. The number of imidazole rings is 1. The highest BCUT2D eigenvalue weighted by molar-refractivity contribution is 5.88. The molecule has 1 heterocycles. The van der Waals surface area contributed by atoms with Gasteiger partial charge in [0.05, 0.1) is 11.0 Å². The van der Waals surface area contributed by atoms with E-state index in [9.17, 15) is 4.79 Å². The van der Waals surface area contributed by atoms with Gasteiger partial charge in [-0.25, -0.2) is 9.78 Å². The molecule has 1 aromatic heterocycles. The van der Waals surface area contributed by atoms with E-state index in [-0.39, 0.29) is 6.03 Å². The summed E-state index contributed by atoms with van der Waals surface area (Å²) in [4.78, 5) is 16.4. The molecule has 0 spiro atoms. The Labute approximate surface area is 129 Å². The van der Waals surface area contributed by atoms with Crippen molar-refractivity contribution in [2.45, 2.75) is 19.3 Å². The Morgan fingerprint density at radius 2 is 1.77 bits per heavy atom. The van der Waals surface area contributed by atoms with Crippen molar-refractivity contribution < 1.29 is 4.79 Å². The molecule has 4 nitrogen and oxygen atoms in total. The Morgan fingerprint density at radius 3 is 2.64 bits per heavy atom. The number of benzene rings is 2. The summed E-state index contributed by atoms with van der Waals surface area (Å²) in [6.07, 6.45) is 4.65. The number of unbranched alkanes of at least 4 members (excludes halogenated alkanes) is 1. The van der Waals surface area contributed by atoms with Gasteiger partial charge in [0.25, 0.3) is 0 Å². The molecule has 3 aromatic rings. The summed E-state index contributed by atoms with van der Waals surface area (Å²) >= 11 is 0. The van der Waals surface area contributed by atoms with Gasteiger partial charge >= 0.3 is 6.03 Å². The van der Waals surface area contributed by atoms with Crippen molar-refractivity contribution in [1.29, 1.82) is 0 Å². The highest BCUT2D eigenvalue weighted by Gasteiger charge is 2.08. The van der Waals surface area contributed by atoms with Crippen LogP contribution < -0.4 is 5.32 Å². The maximum Gasteiger partial charge on any atom is 0.327 e. The van der Waals surface area contributed by atoms with Crippen LogP contribution in [0.25, 0.3) is 11.0 Å². The molecule has 0 aliphatic carbocycles. The van der Waals surface area contributed by atoms with Crippen molar-refractivity contribution in [3.05, 3.63) is 66.5 Å². The lowest BCUT2D eigenvalue weighted by Gasteiger charge is -2.06. The molecule has 1 amide bonds. The number of nitrogens with one attached hydrogen (secondary N) is 1. The van der Waals surface area contributed by atoms with Gasteiger partial charge in [-0.1, -0.05) is 42.5 Å². The van der Waals surface area contributed by atoms with Crippen LogP contribution in [0, 0.1) is 0 Å². The highest BCUT2D eigenvalue weighted by Crippen LogP contribution is 2.11. The summed E-state index contributed by atoms with van der Waals surface area (Å²) in [7, 11) is 0. The van der Waals surface area contributed by atoms with E-state index < -0.39 is 0 Å². The van der Waals surface area contributed by atoms with Crippen molar-refractivity contribution >= 4 is 17.1 Å². The predicted molar refractivity (Wildman–Crippen MR) is 87.9 cm³/mol. The third-order valence-electron chi connectivity index (χ3n) is 3.68. The van der Waals surface area contributed by atoms with Gasteiger partial charge in [0.2, 0.25) is 0 Å². The van der Waals surface area contributed by atoms with Crippen molar-refractivity contribution in [2.24, 2.45) is 0 Å². The maximum absolute atomic E-state index is 12.2. The first-order chi connectivity index (χ1) is 10.8. The molecule has 0 aliphatic heterocycles. The predicted octanol–water partition coefficient (Wildman–Crippen LogP) is 3.62. The molecule has 1 N–H and O–H groups in total. The first-order valence-corrected chi connectivity index (χ1v) is 7.59. The van der Waals surface area contributed by atoms with Gasteiger partial charge in [0, 0.05) is 6.54 Å². The zero-order chi connectivity index (χ0) is 15.2. The van der Waals surface area contributed by atoms with E-state index in [4.69, 9.17) is 0 Å². The van der Waals surface area contributed by atoms with Gasteiger partial charge in [0.15, 0.2) is 0 Å². The van der Waals surface area contributed by atoms with E-state index in [1.54, 1.807) is 10.9 Å². The summed E-state index contributed by atoms with van der Waals surface area (Å²) < 4.78 is 1.56. The van der Waals surface area contributed by atoms with E-state index in [0.29, 0.717) is 6.54 Å². The summed E-state index contributed by atoms with van der Waals surface area (Å²) in [5.41, 5.74) is 3.01. The van der Waals surface area contributed by atoms with Crippen molar-refractivity contribution in [2.75, 3.05) is 6.54 Å². The quantitative estimate of drug-likeness (QED) is 0.730. The Hall–Kier alpha value is -2.62. The fourth-order valence-electron chi connectivity index (χ4n) is 2.50. The number of carbonyl (C=O) groups is 1. The average Bonchev–Trinajstić information content (AvgIpc) is 2.99. The third-order valence-corrected chi connectivity index (χ3v) is 3.68. The normalized spacial score (nSPS) is 10.7. The number of carbonyl (C=O) groups excluding carboxylic acids is 1. The number of nitrogens with zero attached hydrogens (tertiary/aromatic N) is 2. The van der Waals surface area contributed by atoms with Crippen LogP contribution >= 0.6 is 0 Å². The lowest BCUT2D eigenvalue weighted by Crippen LogP contribution is -2.28. The minimum atomic E-state index is -0.117. The minimum absolute atomic E-state index is 0.117. The van der Waals surface area contributed by atoms with E-state index in [2.05, 4.69) is 34.6 Å². The molecular weight excluding hydrogens is 274 g/mol. The van der Waals surface area contributed by atoms with Gasteiger partial charge in [-0.2, -0.15) is 0 Å². The fraction of sp³-hybridized carbons (Fsp3) is 0.222. The second kappa shape index (κ2) is 6.89. The molecule has 112 valence electrons. The Bertz CT molecular complexity index is 749. The smallest absolute Gasteiger partial charge is 0.327 e. The number of para-hydroxylation sites is 2. The summed E-state index contributed by atoms with van der Waals surface area (Å²) in [6.45, 7) is 0.679. The van der Waals surface area contributed by atoms with Crippen LogP contribution in [0.3, 0.4) is 0 Å². The molecule has 0 radical (unpaired) electrons. The van der Waals surface area contributed by atoms with Crippen LogP contribution in [0.2, 0.25) is 0 Å². The number of aromatic nitrogens is 2. The first-order valence-electron chi connectivity index (χ1n) is 7.59. The molecule has 0 atom stereocenters. The Kier molecular flexibility index (Phi) is 4.49. The lowest BCUT2D eigenvalue weighted by atomic mass is 10.1. The van der Waals surface area contributed by atoms with Crippen LogP contribution in [0.5, 0.6) is 0 Å². The zero-order valence-electron chi connectivity index (χ0n) is 12.4. The second-order valence-corrected chi connectivity index (χ2v) is 5.28. The number of amides is 1. The second-order valence-electron chi connectivity index (χ2n) is 5.28. The number of fused-ring (bicyclic) bond motifs is 1. The standard InChI is InChI=1S/C18H19N3O/c22-18(21-14-20-16-11-4-5-12-17(16)21)19-13-7-6-10-15-8-2-1-3-9-15/h1-5,8-9,11-12,14H,6-7,10,13H2,(H,19,22). The topological polar surface area (TPSA) is 46.9 Å². The number of hydrogen-bond acceptors (Lipinski definition) is 2. The van der Waals surface area contributed by atoms with Gasteiger partial charge < -0.3 is 5.32 Å². The van der Waals surface area contributed by atoms with Gasteiger partial charge in [-0.05, 0) is 37.0 Å². The molecule has 3 rings (SSSR count). The number of rotatable bonds is 5. The minimum Gasteiger partial charge on any atom is -0.337 e. The fourth-order valence-corrected chi connectivity index (χ4v) is 2.50. The highest BCUT2D eigenvalue weighted by atomic mass is 16.2. The van der Waals surface area contributed by atoms with E-state index in [0.717, 1.165) is 30.3 Å². The van der Waals surface area contributed by atoms with Crippen LogP contribution in [0.1, 0.15) is 18.4 Å². The van der Waals surface area contributed by atoms with Crippen molar-refractivity contribution in [3.63, 3.8) is 0 Å². The Balaban J connectivity index is 1.47. The van der Waals surface area contributed by atoms with Crippen molar-refractivity contribution in [3.8, 4) is 0 Å². The molecule has 22 heavy (non-hydrogen) atoms. The molecule has 0 fully saturated rings.